The van der Waals surface area contributed by atoms with Gasteiger partial charge in [0, 0.05) is 29.9 Å². The Morgan fingerprint density at radius 1 is 0.750 bits per heavy atom. The number of anilines is 1. The lowest BCUT2D eigenvalue weighted by Crippen LogP contribution is -2.43. The van der Waals surface area contributed by atoms with Crippen molar-refractivity contribution >= 4 is 17.0 Å². The minimum Gasteiger partial charge on any atom is -0.357 e. The van der Waals surface area contributed by atoms with Gasteiger partial charge < -0.3 is 10.6 Å². The van der Waals surface area contributed by atoms with Gasteiger partial charge in [-0.05, 0) is 68.4 Å². The van der Waals surface area contributed by atoms with Gasteiger partial charge in [0.15, 0.2) is 5.65 Å². The molecule has 1 saturated carbocycles. The Morgan fingerprint density at radius 3 is 2.19 bits per heavy atom. The molecule has 162 valence electrons. The van der Waals surface area contributed by atoms with E-state index in [1.165, 1.54) is 31.2 Å². The first-order chi connectivity index (χ1) is 15.7. The zero-order chi connectivity index (χ0) is 21.5. The van der Waals surface area contributed by atoms with Crippen molar-refractivity contribution in [2.45, 2.75) is 44.1 Å². The molecule has 1 saturated heterocycles. The molecule has 0 amide bonds. The Labute approximate surface area is 188 Å². The summed E-state index contributed by atoms with van der Waals surface area (Å²) in [6.45, 7) is 2.15. The topological polar surface area (TPSA) is 60.0 Å². The van der Waals surface area contributed by atoms with Gasteiger partial charge in [-0.15, -0.1) is 0 Å². The number of piperidine rings is 1. The van der Waals surface area contributed by atoms with Crippen LogP contribution < -0.4 is 10.6 Å². The number of hydrogen-bond acceptors (Lipinski definition) is 4. The summed E-state index contributed by atoms with van der Waals surface area (Å²) in [6, 6.07) is 23.3. The highest BCUT2D eigenvalue weighted by Crippen LogP contribution is 2.39. The number of hydrogen-bond donors (Lipinski definition) is 1. The lowest BCUT2D eigenvalue weighted by atomic mass is 9.73. The summed E-state index contributed by atoms with van der Waals surface area (Å²) in [5, 5.41) is 0. The monoisotopic (exact) mass is 423 g/mol. The molecule has 5 heteroatoms. The molecule has 2 N–H and O–H groups in total. The third-order valence-electron chi connectivity index (χ3n) is 7.15. The second kappa shape index (κ2) is 7.75. The molecular weight excluding hydrogens is 394 g/mol. The van der Waals surface area contributed by atoms with Gasteiger partial charge in [0.2, 0.25) is 0 Å². The summed E-state index contributed by atoms with van der Waals surface area (Å²) in [7, 11) is 0. The van der Waals surface area contributed by atoms with Gasteiger partial charge >= 0.3 is 0 Å². The lowest BCUT2D eigenvalue weighted by Gasteiger charge is -2.38. The number of rotatable bonds is 4. The maximum absolute atomic E-state index is 6.57. The first-order valence-electron chi connectivity index (χ1n) is 11.8. The number of nitrogens with zero attached hydrogens (tertiary/aromatic N) is 4. The van der Waals surface area contributed by atoms with E-state index in [0.717, 1.165) is 60.0 Å². The van der Waals surface area contributed by atoms with Crippen molar-refractivity contribution in [3.8, 4) is 17.1 Å². The molecule has 3 heterocycles. The maximum atomic E-state index is 6.57. The molecule has 2 aromatic heterocycles. The SMILES string of the molecule is NC1(c2ccc(-n3c(-c4ccccc4)nc4ccc(N5CCCCC5)nc43)cc2)CCC1. The van der Waals surface area contributed by atoms with Gasteiger partial charge in [-0.1, -0.05) is 42.5 Å². The largest absolute Gasteiger partial charge is 0.357 e. The van der Waals surface area contributed by atoms with E-state index in [1.807, 2.05) is 6.07 Å². The maximum Gasteiger partial charge on any atom is 0.167 e. The van der Waals surface area contributed by atoms with E-state index < -0.39 is 0 Å². The average Bonchev–Trinajstić information content (AvgIpc) is 3.22. The van der Waals surface area contributed by atoms with Crippen molar-refractivity contribution in [3.05, 3.63) is 72.3 Å². The minimum atomic E-state index is -0.155. The average molecular weight is 424 g/mol. The normalized spacial score (nSPS) is 18.0. The summed E-state index contributed by atoms with van der Waals surface area (Å²) in [6.07, 6.45) is 7.12. The molecule has 4 aromatic rings. The van der Waals surface area contributed by atoms with Crippen LogP contribution in [0.25, 0.3) is 28.2 Å². The number of benzene rings is 2. The fourth-order valence-electron chi connectivity index (χ4n) is 5.06. The Kier molecular flexibility index (Phi) is 4.72. The summed E-state index contributed by atoms with van der Waals surface area (Å²) in [4.78, 5) is 12.5. The van der Waals surface area contributed by atoms with Gasteiger partial charge in [-0.2, -0.15) is 0 Å². The summed E-state index contributed by atoms with van der Waals surface area (Å²) < 4.78 is 2.20. The molecular formula is C27H29N5. The number of aromatic nitrogens is 3. The van der Waals surface area contributed by atoms with Crippen LogP contribution >= 0.6 is 0 Å². The molecule has 0 radical (unpaired) electrons. The van der Waals surface area contributed by atoms with E-state index in [2.05, 4.69) is 70.1 Å². The van der Waals surface area contributed by atoms with Crippen molar-refractivity contribution < 1.29 is 0 Å². The Hall–Kier alpha value is -3.18. The van der Waals surface area contributed by atoms with Crippen LogP contribution in [0.5, 0.6) is 0 Å². The minimum absolute atomic E-state index is 0.155. The van der Waals surface area contributed by atoms with Crippen LogP contribution in [0.2, 0.25) is 0 Å². The summed E-state index contributed by atoms with van der Waals surface area (Å²) in [5.74, 6) is 1.97. The van der Waals surface area contributed by atoms with Gasteiger partial charge in [0.1, 0.15) is 17.2 Å². The van der Waals surface area contributed by atoms with Gasteiger partial charge in [0.05, 0.1) is 0 Å². The van der Waals surface area contributed by atoms with Crippen LogP contribution in [-0.4, -0.2) is 27.6 Å². The smallest absolute Gasteiger partial charge is 0.167 e. The molecule has 2 aromatic carbocycles. The molecule has 0 unspecified atom stereocenters. The van der Waals surface area contributed by atoms with Crippen LogP contribution in [0.1, 0.15) is 44.1 Å². The quantitative estimate of drug-likeness (QED) is 0.476. The Balaban J connectivity index is 1.50. The standard InChI is InChI=1S/C27H29N5/c28-27(16-7-17-27)21-10-12-22(13-11-21)32-25(20-8-3-1-4-9-20)29-23-14-15-24(30-26(23)32)31-18-5-2-6-19-31/h1,3-4,8-15H,2,5-7,16-19,28H2. The molecule has 1 aliphatic carbocycles. The number of fused-ring (bicyclic) bond motifs is 1. The molecule has 6 rings (SSSR count). The lowest BCUT2D eigenvalue weighted by molar-refractivity contribution is 0.253. The zero-order valence-corrected chi connectivity index (χ0v) is 18.4. The molecule has 1 aliphatic heterocycles. The van der Waals surface area contributed by atoms with Crippen LogP contribution in [0.4, 0.5) is 5.82 Å². The fraction of sp³-hybridized carbons (Fsp3) is 0.333. The number of imidazole rings is 1. The van der Waals surface area contributed by atoms with Gasteiger partial charge in [0.25, 0.3) is 0 Å². The van der Waals surface area contributed by atoms with Gasteiger partial charge in [-0.3, -0.25) is 4.57 Å². The van der Waals surface area contributed by atoms with E-state index in [0.29, 0.717) is 0 Å². The number of nitrogens with two attached hydrogens (primary N) is 1. The third kappa shape index (κ3) is 3.28. The highest BCUT2D eigenvalue weighted by Gasteiger charge is 2.34. The fourth-order valence-corrected chi connectivity index (χ4v) is 5.06. The molecule has 5 nitrogen and oxygen atoms in total. The molecule has 0 bridgehead atoms. The van der Waals surface area contributed by atoms with Gasteiger partial charge in [-0.25, -0.2) is 9.97 Å². The number of pyridine rings is 1. The highest BCUT2D eigenvalue weighted by atomic mass is 15.2. The molecule has 32 heavy (non-hydrogen) atoms. The Bertz CT molecular complexity index is 1230. The van der Waals surface area contributed by atoms with Crippen molar-refractivity contribution in [3.63, 3.8) is 0 Å². The highest BCUT2D eigenvalue weighted by molar-refractivity contribution is 5.81. The van der Waals surface area contributed by atoms with Crippen molar-refractivity contribution in [1.82, 2.24) is 14.5 Å². The summed E-state index contributed by atoms with van der Waals surface area (Å²) >= 11 is 0. The Morgan fingerprint density at radius 2 is 1.50 bits per heavy atom. The third-order valence-corrected chi connectivity index (χ3v) is 7.15. The van der Waals surface area contributed by atoms with Crippen LogP contribution in [-0.2, 0) is 5.54 Å². The van der Waals surface area contributed by atoms with E-state index in [1.54, 1.807) is 0 Å². The van der Waals surface area contributed by atoms with Crippen molar-refractivity contribution in [2.24, 2.45) is 5.73 Å². The first kappa shape index (κ1) is 19.5. The zero-order valence-electron chi connectivity index (χ0n) is 18.4. The van der Waals surface area contributed by atoms with E-state index >= 15 is 0 Å². The molecule has 2 aliphatic rings. The van der Waals surface area contributed by atoms with E-state index in [-0.39, 0.29) is 5.54 Å². The van der Waals surface area contributed by atoms with Crippen molar-refractivity contribution in [2.75, 3.05) is 18.0 Å². The predicted octanol–water partition coefficient (Wildman–Crippen LogP) is 5.42. The van der Waals surface area contributed by atoms with Crippen LogP contribution in [0.15, 0.2) is 66.7 Å². The summed E-state index contributed by atoms with van der Waals surface area (Å²) in [5.41, 5.74) is 11.6. The molecule has 0 spiro atoms. The van der Waals surface area contributed by atoms with E-state index in [4.69, 9.17) is 15.7 Å². The second-order valence-corrected chi connectivity index (χ2v) is 9.25. The van der Waals surface area contributed by atoms with E-state index in [9.17, 15) is 0 Å². The van der Waals surface area contributed by atoms with Crippen LogP contribution in [0, 0.1) is 0 Å². The predicted molar refractivity (Wildman–Crippen MR) is 130 cm³/mol. The molecule has 2 fully saturated rings. The first-order valence-corrected chi connectivity index (χ1v) is 11.8. The molecule has 0 atom stereocenters. The van der Waals surface area contributed by atoms with Crippen LogP contribution in [0.3, 0.4) is 0 Å². The van der Waals surface area contributed by atoms with Crippen molar-refractivity contribution in [1.29, 1.82) is 0 Å². The second-order valence-electron chi connectivity index (χ2n) is 9.25.